The molecule has 0 aromatic rings. The van der Waals surface area contributed by atoms with Gasteiger partial charge in [-0.3, -0.25) is 9.59 Å². The number of carbonyl (C=O) groups excluding carboxylic acids is 2. The lowest BCUT2D eigenvalue weighted by molar-refractivity contribution is -0.140. The Bertz CT molecular complexity index is 448. The summed E-state index contributed by atoms with van der Waals surface area (Å²) < 4.78 is 5.93. The summed E-state index contributed by atoms with van der Waals surface area (Å²) in [5, 5.41) is 0. The van der Waals surface area contributed by atoms with E-state index >= 15 is 0 Å². The van der Waals surface area contributed by atoms with Crippen LogP contribution in [0.5, 0.6) is 0 Å². The van der Waals surface area contributed by atoms with Gasteiger partial charge in [0.2, 0.25) is 11.8 Å². The average Bonchev–Trinajstić information content (AvgIpc) is 2.64. The van der Waals surface area contributed by atoms with Gasteiger partial charge in [0, 0.05) is 39.0 Å². The third kappa shape index (κ3) is 5.70. The number of carbonyl (C=O) groups is 2. The predicted molar refractivity (Wildman–Crippen MR) is 97.2 cm³/mol. The second kappa shape index (κ2) is 9.56. The van der Waals surface area contributed by atoms with Gasteiger partial charge in [0.15, 0.2) is 0 Å². The number of rotatable bonds is 6. The van der Waals surface area contributed by atoms with Crippen molar-refractivity contribution in [2.75, 3.05) is 32.8 Å². The van der Waals surface area contributed by atoms with E-state index in [9.17, 15) is 9.59 Å². The van der Waals surface area contributed by atoms with Crippen molar-refractivity contribution < 1.29 is 14.3 Å². The number of hydrogen-bond acceptors (Lipinski definition) is 3. The summed E-state index contributed by atoms with van der Waals surface area (Å²) in [7, 11) is 0. The molecule has 2 amide bonds. The van der Waals surface area contributed by atoms with Crippen molar-refractivity contribution in [2.45, 2.75) is 76.7 Å². The Labute approximate surface area is 152 Å². The minimum Gasteiger partial charge on any atom is -0.375 e. The van der Waals surface area contributed by atoms with Gasteiger partial charge in [0.25, 0.3) is 0 Å². The highest BCUT2D eigenvalue weighted by molar-refractivity contribution is 5.77. The molecule has 1 unspecified atom stereocenters. The number of hydrogen-bond donors (Lipinski definition) is 0. The molecule has 5 heteroatoms. The van der Waals surface area contributed by atoms with E-state index in [-0.39, 0.29) is 17.9 Å². The highest BCUT2D eigenvalue weighted by Gasteiger charge is 2.27. The third-order valence-electron chi connectivity index (χ3n) is 6.05. The van der Waals surface area contributed by atoms with E-state index in [1.165, 1.54) is 32.1 Å². The van der Waals surface area contributed by atoms with Gasteiger partial charge in [-0.25, -0.2) is 0 Å². The quantitative estimate of drug-likeness (QED) is 0.740. The number of morpholine rings is 1. The molecule has 3 rings (SSSR count). The molecule has 25 heavy (non-hydrogen) atoms. The number of likely N-dealkylation sites (tertiary alicyclic amines) is 1. The van der Waals surface area contributed by atoms with Crippen LogP contribution in [0.2, 0.25) is 0 Å². The molecule has 2 saturated heterocycles. The summed E-state index contributed by atoms with van der Waals surface area (Å²) >= 11 is 0. The van der Waals surface area contributed by atoms with Crippen LogP contribution in [0.1, 0.15) is 70.6 Å². The van der Waals surface area contributed by atoms with Crippen LogP contribution < -0.4 is 0 Å². The lowest BCUT2D eigenvalue weighted by Gasteiger charge is -2.35. The highest BCUT2D eigenvalue weighted by Crippen LogP contribution is 2.29. The number of nitrogens with zero attached hydrogens (tertiary/aromatic N) is 2. The third-order valence-corrected chi connectivity index (χ3v) is 6.05. The normalized spacial score (nSPS) is 26.1. The maximum Gasteiger partial charge on any atom is 0.222 e. The van der Waals surface area contributed by atoms with Gasteiger partial charge >= 0.3 is 0 Å². The summed E-state index contributed by atoms with van der Waals surface area (Å²) in [6, 6.07) is 0. The van der Waals surface area contributed by atoms with E-state index in [1.54, 1.807) is 0 Å². The zero-order valence-corrected chi connectivity index (χ0v) is 15.6. The van der Waals surface area contributed by atoms with E-state index < -0.39 is 0 Å². The topological polar surface area (TPSA) is 49.9 Å². The summed E-state index contributed by atoms with van der Waals surface area (Å²) in [6.45, 7) is 3.77. The van der Waals surface area contributed by atoms with Crippen LogP contribution in [0, 0.1) is 5.92 Å². The first kappa shape index (κ1) is 18.7. The molecule has 0 aromatic heterocycles. The van der Waals surface area contributed by atoms with E-state index in [2.05, 4.69) is 0 Å². The van der Waals surface area contributed by atoms with E-state index in [4.69, 9.17) is 4.74 Å². The van der Waals surface area contributed by atoms with E-state index in [1.807, 2.05) is 9.80 Å². The lowest BCUT2D eigenvalue weighted by Crippen LogP contribution is -2.46. The van der Waals surface area contributed by atoms with Crippen molar-refractivity contribution in [3.63, 3.8) is 0 Å². The summed E-state index contributed by atoms with van der Waals surface area (Å²) in [5.41, 5.74) is 0. The van der Waals surface area contributed by atoms with Crippen molar-refractivity contribution in [2.24, 2.45) is 5.92 Å². The molecular formula is C20H34N2O3. The monoisotopic (exact) mass is 350 g/mol. The summed E-state index contributed by atoms with van der Waals surface area (Å²) in [4.78, 5) is 28.3. The van der Waals surface area contributed by atoms with Gasteiger partial charge in [-0.05, 0) is 31.6 Å². The zero-order valence-electron chi connectivity index (χ0n) is 15.6. The smallest absolute Gasteiger partial charge is 0.222 e. The first-order chi connectivity index (χ1) is 12.2. The Hall–Kier alpha value is -1.10. The molecule has 2 heterocycles. The minimum atomic E-state index is 0.226. The summed E-state index contributed by atoms with van der Waals surface area (Å²) in [6.07, 6.45) is 12.2. The maximum atomic E-state index is 12.5. The van der Waals surface area contributed by atoms with Crippen molar-refractivity contribution in [1.29, 1.82) is 0 Å². The van der Waals surface area contributed by atoms with Crippen molar-refractivity contribution >= 4 is 11.8 Å². The van der Waals surface area contributed by atoms with Crippen LogP contribution in [0.15, 0.2) is 0 Å². The standard InChI is InChI=1S/C20H34N2O3/c23-19-9-4-5-11-21(19)12-6-10-20(24)22-13-14-25-18(16-22)15-17-7-2-1-3-8-17/h17-18H,1-16H2. The van der Waals surface area contributed by atoms with Gasteiger partial charge in [-0.15, -0.1) is 0 Å². The molecular weight excluding hydrogens is 316 g/mol. The molecule has 0 bridgehead atoms. The first-order valence-electron chi connectivity index (χ1n) is 10.4. The lowest BCUT2D eigenvalue weighted by atomic mass is 9.85. The van der Waals surface area contributed by atoms with Crippen molar-refractivity contribution in [3.05, 3.63) is 0 Å². The maximum absolute atomic E-state index is 12.5. The Morgan fingerprint density at radius 3 is 2.72 bits per heavy atom. The van der Waals surface area contributed by atoms with E-state index in [0.29, 0.717) is 19.4 Å². The minimum absolute atomic E-state index is 0.226. The molecule has 1 saturated carbocycles. The van der Waals surface area contributed by atoms with Gasteiger partial charge < -0.3 is 14.5 Å². The number of piperidine rings is 1. The van der Waals surface area contributed by atoms with Gasteiger partial charge in [-0.2, -0.15) is 0 Å². The fourth-order valence-electron chi connectivity index (χ4n) is 4.56. The zero-order chi connectivity index (χ0) is 17.5. The predicted octanol–water partition coefficient (Wildman–Crippen LogP) is 2.98. The summed E-state index contributed by atoms with van der Waals surface area (Å²) in [5.74, 6) is 1.29. The van der Waals surface area contributed by atoms with Crippen LogP contribution >= 0.6 is 0 Å². The Morgan fingerprint density at radius 1 is 1.08 bits per heavy atom. The molecule has 5 nitrogen and oxygen atoms in total. The SMILES string of the molecule is O=C1CCCCN1CCCC(=O)N1CCOC(CC2CCCCC2)C1. The fourth-order valence-corrected chi connectivity index (χ4v) is 4.56. The van der Waals surface area contributed by atoms with Gasteiger partial charge in [-0.1, -0.05) is 32.1 Å². The number of ether oxygens (including phenoxy) is 1. The van der Waals surface area contributed by atoms with Gasteiger partial charge in [0.1, 0.15) is 0 Å². The fraction of sp³-hybridized carbons (Fsp3) is 0.900. The first-order valence-corrected chi connectivity index (χ1v) is 10.4. The Balaban J connectivity index is 1.36. The number of amides is 2. The Morgan fingerprint density at radius 2 is 1.92 bits per heavy atom. The molecule has 3 aliphatic rings. The van der Waals surface area contributed by atoms with Crippen molar-refractivity contribution in [1.82, 2.24) is 9.80 Å². The highest BCUT2D eigenvalue weighted by atomic mass is 16.5. The molecule has 1 atom stereocenters. The molecule has 0 aromatic carbocycles. The molecule has 3 fully saturated rings. The molecule has 142 valence electrons. The van der Waals surface area contributed by atoms with Crippen LogP contribution in [-0.4, -0.2) is 60.5 Å². The molecule has 0 radical (unpaired) electrons. The van der Waals surface area contributed by atoms with E-state index in [0.717, 1.165) is 57.8 Å². The molecule has 0 N–H and O–H groups in total. The molecule has 0 spiro atoms. The van der Waals surface area contributed by atoms with Gasteiger partial charge in [0.05, 0.1) is 12.7 Å². The van der Waals surface area contributed by atoms with Crippen LogP contribution in [0.4, 0.5) is 0 Å². The largest absolute Gasteiger partial charge is 0.375 e. The van der Waals surface area contributed by atoms with Crippen LogP contribution in [0.3, 0.4) is 0 Å². The molecule has 2 aliphatic heterocycles. The van der Waals surface area contributed by atoms with Crippen LogP contribution in [-0.2, 0) is 14.3 Å². The average molecular weight is 351 g/mol. The van der Waals surface area contributed by atoms with Crippen LogP contribution in [0.25, 0.3) is 0 Å². The Kier molecular flexibility index (Phi) is 7.14. The molecule has 1 aliphatic carbocycles. The van der Waals surface area contributed by atoms with Crippen molar-refractivity contribution in [3.8, 4) is 0 Å². The second-order valence-corrected chi connectivity index (χ2v) is 8.01. The second-order valence-electron chi connectivity index (χ2n) is 8.01.